The van der Waals surface area contributed by atoms with Gasteiger partial charge in [-0.15, -0.1) is 0 Å². The molecule has 152 valence electrons. The molecule has 2 aromatic carbocycles. The second-order valence-corrected chi connectivity index (χ2v) is 8.06. The summed E-state index contributed by atoms with van der Waals surface area (Å²) >= 11 is 0. The lowest BCUT2D eigenvalue weighted by molar-refractivity contribution is -0.122. The van der Waals surface area contributed by atoms with Gasteiger partial charge in [0.25, 0.3) is 0 Å². The standard InChI is InChI=1S/C23H26FN3O2/c1-16-10-12-26(13-11-16)21-5-3-2-4-20(21)25-23(29)17-14-22(28)27(15-17)19-8-6-18(24)7-9-19/h2-9,16-17H,10-15H2,1H3,(H,25,29)/t17-/m0/s1. The molecule has 2 aliphatic heterocycles. The SMILES string of the molecule is CC1CCN(c2ccccc2NC(=O)[C@H]2CC(=O)N(c3ccc(F)cc3)C2)CC1. The smallest absolute Gasteiger partial charge is 0.229 e. The summed E-state index contributed by atoms with van der Waals surface area (Å²) in [6, 6.07) is 13.6. The summed E-state index contributed by atoms with van der Waals surface area (Å²) in [5.74, 6) is -0.314. The number of anilines is 3. The van der Waals surface area contributed by atoms with Crippen molar-refractivity contribution < 1.29 is 14.0 Å². The van der Waals surface area contributed by atoms with Crippen molar-refractivity contribution in [1.82, 2.24) is 0 Å². The molecule has 0 aliphatic carbocycles. The van der Waals surface area contributed by atoms with E-state index in [0.29, 0.717) is 12.2 Å². The first-order valence-corrected chi connectivity index (χ1v) is 10.2. The quantitative estimate of drug-likeness (QED) is 0.850. The van der Waals surface area contributed by atoms with E-state index in [4.69, 9.17) is 0 Å². The van der Waals surface area contributed by atoms with E-state index in [2.05, 4.69) is 17.1 Å². The molecule has 5 nitrogen and oxygen atoms in total. The highest BCUT2D eigenvalue weighted by molar-refractivity contribution is 6.04. The molecule has 0 saturated carbocycles. The van der Waals surface area contributed by atoms with E-state index in [-0.39, 0.29) is 24.1 Å². The summed E-state index contributed by atoms with van der Waals surface area (Å²) in [6.45, 7) is 4.54. The fourth-order valence-electron chi connectivity index (χ4n) is 4.09. The molecule has 29 heavy (non-hydrogen) atoms. The molecule has 2 fully saturated rings. The molecule has 2 saturated heterocycles. The number of benzene rings is 2. The van der Waals surface area contributed by atoms with Crippen molar-refractivity contribution in [1.29, 1.82) is 0 Å². The summed E-state index contributed by atoms with van der Waals surface area (Å²) in [5, 5.41) is 3.04. The zero-order valence-electron chi connectivity index (χ0n) is 16.6. The van der Waals surface area contributed by atoms with Gasteiger partial charge >= 0.3 is 0 Å². The molecule has 0 aromatic heterocycles. The molecule has 6 heteroatoms. The fourth-order valence-corrected chi connectivity index (χ4v) is 4.09. The molecule has 0 spiro atoms. The topological polar surface area (TPSA) is 52.7 Å². The van der Waals surface area contributed by atoms with Crippen LogP contribution in [0, 0.1) is 17.7 Å². The van der Waals surface area contributed by atoms with Crippen molar-refractivity contribution in [2.45, 2.75) is 26.2 Å². The number of carbonyl (C=O) groups excluding carboxylic acids is 2. The third-order valence-electron chi connectivity index (χ3n) is 5.92. The number of piperidine rings is 1. The second-order valence-electron chi connectivity index (χ2n) is 8.06. The van der Waals surface area contributed by atoms with Gasteiger partial charge in [0.2, 0.25) is 11.8 Å². The molecule has 4 rings (SSSR count). The van der Waals surface area contributed by atoms with Crippen LogP contribution in [0.4, 0.5) is 21.5 Å². The Balaban J connectivity index is 1.45. The van der Waals surface area contributed by atoms with Gasteiger partial charge in [-0.25, -0.2) is 4.39 Å². The molecule has 2 amide bonds. The normalized spacial score (nSPS) is 20.2. The van der Waals surface area contributed by atoms with Gasteiger partial charge in [0.1, 0.15) is 5.82 Å². The summed E-state index contributed by atoms with van der Waals surface area (Å²) in [5.41, 5.74) is 2.45. The number of hydrogen-bond acceptors (Lipinski definition) is 3. The van der Waals surface area contributed by atoms with Crippen molar-refractivity contribution in [2.75, 3.05) is 34.8 Å². The van der Waals surface area contributed by atoms with Crippen LogP contribution >= 0.6 is 0 Å². The first kappa shape index (κ1) is 19.4. The highest BCUT2D eigenvalue weighted by Crippen LogP contribution is 2.31. The summed E-state index contributed by atoms with van der Waals surface area (Å²) in [7, 11) is 0. The minimum Gasteiger partial charge on any atom is -0.370 e. The lowest BCUT2D eigenvalue weighted by Gasteiger charge is -2.33. The van der Waals surface area contributed by atoms with Crippen LogP contribution in [0.25, 0.3) is 0 Å². The Labute approximate surface area is 170 Å². The molecule has 0 radical (unpaired) electrons. The summed E-state index contributed by atoms with van der Waals surface area (Å²) in [6.07, 6.45) is 2.45. The molecule has 1 atom stereocenters. The number of hydrogen-bond donors (Lipinski definition) is 1. The Morgan fingerprint density at radius 2 is 1.76 bits per heavy atom. The van der Waals surface area contributed by atoms with Crippen molar-refractivity contribution in [2.24, 2.45) is 11.8 Å². The maximum absolute atomic E-state index is 13.2. The Morgan fingerprint density at radius 3 is 2.48 bits per heavy atom. The molecular weight excluding hydrogens is 369 g/mol. The molecule has 0 bridgehead atoms. The van der Waals surface area contributed by atoms with Crippen LogP contribution in [0.2, 0.25) is 0 Å². The maximum Gasteiger partial charge on any atom is 0.229 e. The lowest BCUT2D eigenvalue weighted by atomic mass is 9.98. The number of para-hydroxylation sites is 2. The summed E-state index contributed by atoms with van der Waals surface area (Å²) < 4.78 is 13.2. The minimum absolute atomic E-state index is 0.116. The third-order valence-corrected chi connectivity index (χ3v) is 5.92. The van der Waals surface area contributed by atoms with E-state index in [1.54, 1.807) is 17.0 Å². The number of amides is 2. The lowest BCUT2D eigenvalue weighted by Crippen LogP contribution is -2.34. The summed E-state index contributed by atoms with van der Waals surface area (Å²) in [4.78, 5) is 29.2. The molecular formula is C23H26FN3O2. The van der Waals surface area contributed by atoms with E-state index in [9.17, 15) is 14.0 Å². The predicted molar refractivity (Wildman–Crippen MR) is 113 cm³/mol. The number of rotatable bonds is 4. The van der Waals surface area contributed by atoms with Gasteiger partial charge in [0.05, 0.1) is 17.3 Å². The van der Waals surface area contributed by atoms with Crippen molar-refractivity contribution in [3.8, 4) is 0 Å². The highest BCUT2D eigenvalue weighted by Gasteiger charge is 2.35. The monoisotopic (exact) mass is 395 g/mol. The Morgan fingerprint density at radius 1 is 1.07 bits per heavy atom. The second kappa shape index (κ2) is 8.23. The first-order chi connectivity index (χ1) is 14.0. The van der Waals surface area contributed by atoms with Gasteiger partial charge in [0.15, 0.2) is 0 Å². The van der Waals surface area contributed by atoms with Gasteiger partial charge in [-0.05, 0) is 55.2 Å². The average Bonchev–Trinajstić information content (AvgIpc) is 3.12. The zero-order valence-corrected chi connectivity index (χ0v) is 16.6. The molecule has 1 N–H and O–H groups in total. The molecule has 0 unspecified atom stereocenters. The maximum atomic E-state index is 13.2. The largest absolute Gasteiger partial charge is 0.370 e. The van der Waals surface area contributed by atoms with Crippen molar-refractivity contribution >= 4 is 28.9 Å². The fraction of sp³-hybridized carbons (Fsp3) is 0.391. The van der Waals surface area contributed by atoms with E-state index >= 15 is 0 Å². The first-order valence-electron chi connectivity index (χ1n) is 10.2. The Bertz CT molecular complexity index is 891. The number of nitrogens with one attached hydrogen (secondary N) is 1. The third kappa shape index (κ3) is 4.26. The van der Waals surface area contributed by atoms with Crippen LogP contribution in [0.1, 0.15) is 26.2 Å². The molecule has 2 aromatic rings. The van der Waals surface area contributed by atoms with Gasteiger partial charge in [-0.3, -0.25) is 9.59 Å². The van der Waals surface area contributed by atoms with Gasteiger partial charge in [-0.2, -0.15) is 0 Å². The van der Waals surface area contributed by atoms with E-state index in [1.807, 2.05) is 24.3 Å². The van der Waals surface area contributed by atoms with Crippen LogP contribution in [0.3, 0.4) is 0 Å². The zero-order chi connectivity index (χ0) is 20.4. The highest BCUT2D eigenvalue weighted by atomic mass is 19.1. The minimum atomic E-state index is -0.429. The van der Waals surface area contributed by atoms with Crippen molar-refractivity contribution in [3.63, 3.8) is 0 Å². The van der Waals surface area contributed by atoms with E-state index in [1.165, 1.54) is 12.1 Å². The number of nitrogens with zero attached hydrogens (tertiary/aromatic N) is 2. The molecule has 2 aliphatic rings. The van der Waals surface area contributed by atoms with Gasteiger partial charge in [-0.1, -0.05) is 19.1 Å². The Hall–Kier alpha value is -2.89. The molecule has 2 heterocycles. The van der Waals surface area contributed by atoms with Crippen LogP contribution < -0.4 is 15.1 Å². The van der Waals surface area contributed by atoms with E-state index < -0.39 is 5.92 Å². The van der Waals surface area contributed by atoms with Crippen LogP contribution in [0.5, 0.6) is 0 Å². The van der Waals surface area contributed by atoms with Gasteiger partial charge < -0.3 is 15.1 Å². The number of halogens is 1. The van der Waals surface area contributed by atoms with Crippen LogP contribution in [-0.2, 0) is 9.59 Å². The average molecular weight is 395 g/mol. The van der Waals surface area contributed by atoms with E-state index in [0.717, 1.165) is 43.2 Å². The van der Waals surface area contributed by atoms with Gasteiger partial charge in [0, 0.05) is 31.7 Å². The number of carbonyl (C=O) groups is 2. The van der Waals surface area contributed by atoms with Crippen LogP contribution in [-0.4, -0.2) is 31.4 Å². The van der Waals surface area contributed by atoms with Crippen molar-refractivity contribution in [3.05, 3.63) is 54.3 Å². The van der Waals surface area contributed by atoms with Crippen LogP contribution in [0.15, 0.2) is 48.5 Å². The Kier molecular flexibility index (Phi) is 5.51. The predicted octanol–water partition coefficient (Wildman–Crippen LogP) is 4.05.